The molecule has 1 unspecified atom stereocenters. The first-order valence-corrected chi connectivity index (χ1v) is 13.2. The summed E-state index contributed by atoms with van der Waals surface area (Å²) in [4.78, 5) is 0. The standard InChI is InChI=1S/C28H27F6O3P/c1-26(2,3)38-23(14-16-12-13-17(27(29,30)31)15-19(16)28(32,33)34)37-22-11-6-8-18(25(22)38)24-20(35-4)9-7-10-21(24)36-5/h6-13,15,23H,14H2,1-5H3/t23-,38?/m0/s1. The number of fused-ring (bicyclic) bond motifs is 1. The molecule has 10 heteroatoms. The molecule has 0 spiro atoms. The molecule has 4 rings (SSSR count). The number of hydrogen-bond donors (Lipinski definition) is 0. The third-order valence-corrected chi connectivity index (χ3v) is 9.60. The molecule has 2 atom stereocenters. The first-order valence-electron chi connectivity index (χ1n) is 11.7. The van der Waals surface area contributed by atoms with Crippen LogP contribution in [0.3, 0.4) is 0 Å². The number of rotatable bonds is 5. The van der Waals surface area contributed by atoms with Gasteiger partial charge in [0.1, 0.15) is 23.1 Å². The first-order chi connectivity index (χ1) is 17.7. The highest BCUT2D eigenvalue weighted by atomic mass is 31.1. The van der Waals surface area contributed by atoms with Crippen molar-refractivity contribution < 1.29 is 40.6 Å². The Morgan fingerprint density at radius 3 is 1.95 bits per heavy atom. The van der Waals surface area contributed by atoms with E-state index in [2.05, 4.69) is 0 Å². The van der Waals surface area contributed by atoms with Crippen molar-refractivity contribution in [1.82, 2.24) is 0 Å². The molecule has 0 saturated carbocycles. The van der Waals surface area contributed by atoms with Gasteiger partial charge in [-0.25, -0.2) is 0 Å². The number of hydrogen-bond acceptors (Lipinski definition) is 3. The minimum atomic E-state index is -4.96. The van der Waals surface area contributed by atoms with Gasteiger partial charge in [-0.3, -0.25) is 0 Å². The lowest BCUT2D eigenvalue weighted by molar-refractivity contribution is -0.143. The van der Waals surface area contributed by atoms with Crippen LogP contribution in [0.4, 0.5) is 26.3 Å². The fraction of sp³-hybridized carbons (Fsp3) is 0.357. The van der Waals surface area contributed by atoms with Gasteiger partial charge in [-0.1, -0.05) is 45.0 Å². The normalized spacial score (nSPS) is 17.7. The molecule has 1 heterocycles. The molecule has 204 valence electrons. The smallest absolute Gasteiger partial charge is 0.416 e. The van der Waals surface area contributed by atoms with Crippen LogP contribution in [0.1, 0.15) is 37.5 Å². The maximum absolute atomic E-state index is 13.9. The minimum Gasteiger partial charge on any atom is -0.496 e. The molecule has 0 N–H and O–H groups in total. The number of benzene rings is 3. The van der Waals surface area contributed by atoms with Crippen LogP contribution < -0.4 is 19.5 Å². The Morgan fingerprint density at radius 1 is 0.816 bits per heavy atom. The van der Waals surface area contributed by atoms with Gasteiger partial charge in [-0.05, 0) is 49.0 Å². The summed E-state index contributed by atoms with van der Waals surface area (Å²) in [6.07, 6.45) is -10.0. The van der Waals surface area contributed by atoms with Gasteiger partial charge >= 0.3 is 12.4 Å². The van der Waals surface area contributed by atoms with Crippen molar-refractivity contribution in [3.63, 3.8) is 0 Å². The van der Waals surface area contributed by atoms with Crippen molar-refractivity contribution in [2.45, 2.75) is 50.5 Å². The van der Waals surface area contributed by atoms with E-state index in [0.29, 0.717) is 28.9 Å². The molecule has 0 saturated heterocycles. The molecule has 1 aliphatic rings. The molecule has 0 aromatic heterocycles. The number of methoxy groups -OCH3 is 2. The molecule has 1 aliphatic heterocycles. The summed E-state index contributed by atoms with van der Waals surface area (Å²) in [6, 6.07) is 12.6. The van der Waals surface area contributed by atoms with Crippen LogP contribution in [0.25, 0.3) is 11.1 Å². The molecular weight excluding hydrogens is 529 g/mol. The van der Waals surface area contributed by atoms with Gasteiger partial charge in [-0.15, -0.1) is 0 Å². The highest BCUT2D eigenvalue weighted by Crippen LogP contribution is 2.61. The maximum atomic E-state index is 13.9. The Kier molecular flexibility index (Phi) is 7.38. The van der Waals surface area contributed by atoms with Crippen LogP contribution in [-0.4, -0.2) is 25.2 Å². The van der Waals surface area contributed by atoms with E-state index in [0.717, 1.165) is 16.9 Å². The Labute approximate surface area is 218 Å². The second-order valence-corrected chi connectivity index (χ2v) is 13.0. The van der Waals surface area contributed by atoms with Crippen molar-refractivity contribution in [1.29, 1.82) is 0 Å². The Bertz CT molecular complexity index is 1310. The summed E-state index contributed by atoms with van der Waals surface area (Å²) in [6.45, 7) is 5.95. The van der Waals surface area contributed by atoms with Gasteiger partial charge in [0.15, 0.2) is 0 Å². The topological polar surface area (TPSA) is 27.7 Å². The molecule has 3 aromatic rings. The third-order valence-electron chi connectivity index (χ3n) is 6.35. The van der Waals surface area contributed by atoms with E-state index < -0.39 is 42.4 Å². The zero-order chi connectivity index (χ0) is 28.0. The Hall–Kier alpha value is -2.93. The van der Waals surface area contributed by atoms with E-state index in [4.69, 9.17) is 14.2 Å². The third kappa shape index (κ3) is 5.31. The van der Waals surface area contributed by atoms with Gasteiger partial charge in [0.25, 0.3) is 0 Å². The summed E-state index contributed by atoms with van der Waals surface area (Å²) in [7, 11) is 1.81. The molecule has 0 fully saturated rings. The quantitative estimate of drug-likeness (QED) is 0.234. The summed E-state index contributed by atoms with van der Waals surface area (Å²) in [5.74, 6) is 0.959. The summed E-state index contributed by atoms with van der Waals surface area (Å²) in [5, 5.41) is 0.434. The highest BCUT2D eigenvalue weighted by Gasteiger charge is 2.45. The SMILES string of the molecule is COc1cccc(OC)c1-c1cccc2c1P(C(C)(C)C)[C@@H](Cc1ccc(C(F)(F)F)cc1C(F)(F)F)O2. The van der Waals surface area contributed by atoms with Gasteiger partial charge in [0.2, 0.25) is 0 Å². The Balaban J connectivity index is 1.85. The molecule has 3 aromatic carbocycles. The zero-order valence-electron chi connectivity index (χ0n) is 21.4. The van der Waals surface area contributed by atoms with Gasteiger partial charge in [0.05, 0.1) is 30.9 Å². The van der Waals surface area contributed by atoms with Crippen LogP contribution in [0.15, 0.2) is 54.6 Å². The summed E-state index contributed by atoms with van der Waals surface area (Å²) < 4.78 is 98.8. The van der Waals surface area contributed by atoms with E-state index in [-0.39, 0.29) is 18.1 Å². The van der Waals surface area contributed by atoms with E-state index in [1.807, 2.05) is 26.8 Å². The van der Waals surface area contributed by atoms with E-state index >= 15 is 0 Å². The summed E-state index contributed by atoms with van der Waals surface area (Å²) >= 11 is 0. The lowest BCUT2D eigenvalue weighted by Crippen LogP contribution is -2.27. The fourth-order valence-electron chi connectivity index (χ4n) is 4.81. The van der Waals surface area contributed by atoms with Crippen molar-refractivity contribution in [2.24, 2.45) is 0 Å². The fourth-order valence-corrected chi connectivity index (χ4v) is 8.04. The second-order valence-electron chi connectivity index (χ2n) is 9.87. The second kappa shape index (κ2) is 9.99. The van der Waals surface area contributed by atoms with Crippen molar-refractivity contribution >= 4 is 13.2 Å². The van der Waals surface area contributed by atoms with Crippen LogP contribution in [-0.2, 0) is 18.8 Å². The van der Waals surface area contributed by atoms with Crippen molar-refractivity contribution in [3.05, 3.63) is 71.3 Å². The van der Waals surface area contributed by atoms with Crippen LogP contribution >= 0.6 is 7.92 Å². The average molecular weight is 556 g/mol. The largest absolute Gasteiger partial charge is 0.496 e. The lowest BCUT2D eigenvalue weighted by atomic mass is 10.0. The minimum absolute atomic E-state index is 0.182. The van der Waals surface area contributed by atoms with Gasteiger partial charge < -0.3 is 14.2 Å². The van der Waals surface area contributed by atoms with Crippen LogP contribution in [0.2, 0.25) is 0 Å². The predicted molar refractivity (Wildman–Crippen MR) is 136 cm³/mol. The molecular formula is C28H27F6O3P. The summed E-state index contributed by atoms with van der Waals surface area (Å²) in [5.41, 5.74) is -1.41. The van der Waals surface area contributed by atoms with Crippen LogP contribution in [0, 0.1) is 0 Å². The highest BCUT2D eigenvalue weighted by molar-refractivity contribution is 7.68. The van der Waals surface area contributed by atoms with Gasteiger partial charge in [-0.2, -0.15) is 26.3 Å². The molecule has 0 radical (unpaired) electrons. The zero-order valence-corrected chi connectivity index (χ0v) is 22.3. The average Bonchev–Trinajstić information content (AvgIpc) is 3.21. The van der Waals surface area contributed by atoms with E-state index in [1.165, 1.54) is 14.2 Å². The monoisotopic (exact) mass is 556 g/mol. The van der Waals surface area contributed by atoms with Crippen molar-refractivity contribution in [2.75, 3.05) is 14.2 Å². The predicted octanol–water partition coefficient (Wildman–Crippen LogP) is 8.28. The molecule has 3 nitrogen and oxygen atoms in total. The Morgan fingerprint density at radius 2 is 1.42 bits per heavy atom. The van der Waals surface area contributed by atoms with E-state index in [1.54, 1.807) is 30.3 Å². The maximum Gasteiger partial charge on any atom is 0.416 e. The number of alkyl halides is 6. The first kappa shape index (κ1) is 28.1. The van der Waals surface area contributed by atoms with Gasteiger partial charge in [0, 0.05) is 17.3 Å². The van der Waals surface area contributed by atoms with Crippen LogP contribution in [0.5, 0.6) is 17.2 Å². The molecule has 0 amide bonds. The number of halogens is 6. The molecule has 38 heavy (non-hydrogen) atoms. The molecule has 0 bridgehead atoms. The number of ether oxygens (including phenoxy) is 3. The lowest BCUT2D eigenvalue weighted by Gasteiger charge is -2.33. The van der Waals surface area contributed by atoms with E-state index in [9.17, 15) is 26.3 Å². The van der Waals surface area contributed by atoms with Crippen molar-refractivity contribution in [3.8, 4) is 28.4 Å². The molecule has 0 aliphatic carbocycles.